The fourth-order valence-corrected chi connectivity index (χ4v) is 3.95. The Hall–Kier alpha value is -0.730. The predicted octanol–water partition coefficient (Wildman–Crippen LogP) is 0.979. The van der Waals surface area contributed by atoms with Gasteiger partial charge in [-0.05, 0) is 24.7 Å². The number of rotatable bonds is 5. The number of sulfonamides is 1. The standard InChI is InChI=1S/C9H16N4O2S2/c1-2-9(4-3-5-9)6-11-17(14,15)8-13-12-7(10)16-8/h11H,2-6H2,1H3,(H2,10,12). The largest absolute Gasteiger partial charge is 0.374 e. The summed E-state index contributed by atoms with van der Waals surface area (Å²) >= 11 is 0.884. The molecule has 1 aromatic heterocycles. The van der Waals surface area contributed by atoms with E-state index in [9.17, 15) is 8.42 Å². The first kappa shape index (κ1) is 12.7. The van der Waals surface area contributed by atoms with Gasteiger partial charge in [-0.25, -0.2) is 13.1 Å². The number of anilines is 1. The Balaban J connectivity index is 2.03. The second-order valence-corrected chi connectivity index (χ2v) is 7.39. The number of hydrogen-bond acceptors (Lipinski definition) is 6. The number of nitrogens with zero attached hydrogens (tertiary/aromatic N) is 2. The molecule has 0 bridgehead atoms. The lowest BCUT2D eigenvalue weighted by Crippen LogP contribution is -2.41. The molecule has 1 aliphatic rings. The molecule has 8 heteroatoms. The average Bonchev–Trinajstić information content (AvgIpc) is 2.64. The summed E-state index contributed by atoms with van der Waals surface area (Å²) in [6, 6.07) is 0. The van der Waals surface area contributed by atoms with Crippen molar-refractivity contribution in [3.63, 3.8) is 0 Å². The summed E-state index contributed by atoms with van der Waals surface area (Å²) in [5, 5.41) is 7.23. The van der Waals surface area contributed by atoms with Crippen LogP contribution in [0, 0.1) is 5.41 Å². The van der Waals surface area contributed by atoms with Crippen LogP contribution in [0.2, 0.25) is 0 Å². The summed E-state index contributed by atoms with van der Waals surface area (Å²) < 4.78 is 26.3. The molecule has 0 aromatic carbocycles. The molecule has 0 saturated heterocycles. The minimum atomic E-state index is -3.54. The van der Waals surface area contributed by atoms with Crippen molar-refractivity contribution in [3.05, 3.63) is 0 Å². The lowest BCUT2D eigenvalue weighted by molar-refractivity contribution is 0.133. The fraction of sp³-hybridized carbons (Fsp3) is 0.778. The summed E-state index contributed by atoms with van der Waals surface area (Å²) in [6.07, 6.45) is 4.35. The van der Waals surface area contributed by atoms with Crippen LogP contribution in [0.4, 0.5) is 5.13 Å². The second-order valence-electron chi connectivity index (χ2n) is 4.44. The Bertz CT molecular complexity index is 487. The van der Waals surface area contributed by atoms with Crippen molar-refractivity contribution in [1.82, 2.24) is 14.9 Å². The van der Waals surface area contributed by atoms with E-state index < -0.39 is 10.0 Å². The Morgan fingerprint density at radius 3 is 2.59 bits per heavy atom. The van der Waals surface area contributed by atoms with E-state index in [0.29, 0.717) is 6.54 Å². The molecule has 1 heterocycles. The first-order chi connectivity index (χ1) is 7.97. The smallest absolute Gasteiger partial charge is 0.269 e. The number of nitrogens with one attached hydrogen (secondary N) is 1. The van der Waals surface area contributed by atoms with Gasteiger partial charge in [0.25, 0.3) is 10.0 Å². The van der Waals surface area contributed by atoms with Gasteiger partial charge in [0.15, 0.2) is 0 Å². The summed E-state index contributed by atoms with van der Waals surface area (Å²) in [4.78, 5) is 0. The van der Waals surface area contributed by atoms with Gasteiger partial charge in [0.1, 0.15) is 0 Å². The molecule has 17 heavy (non-hydrogen) atoms. The van der Waals surface area contributed by atoms with Gasteiger partial charge in [0, 0.05) is 6.54 Å². The number of aromatic nitrogens is 2. The predicted molar refractivity (Wildman–Crippen MR) is 66.1 cm³/mol. The molecule has 3 N–H and O–H groups in total. The highest BCUT2D eigenvalue weighted by Crippen LogP contribution is 2.43. The molecule has 0 unspecified atom stereocenters. The summed E-state index contributed by atoms with van der Waals surface area (Å²) in [6.45, 7) is 2.57. The fourth-order valence-electron chi connectivity index (χ4n) is 1.97. The third kappa shape index (κ3) is 2.58. The van der Waals surface area contributed by atoms with Crippen molar-refractivity contribution < 1.29 is 8.42 Å². The Kier molecular flexibility index (Phi) is 3.37. The lowest BCUT2D eigenvalue weighted by Gasteiger charge is -2.41. The van der Waals surface area contributed by atoms with E-state index in [2.05, 4.69) is 21.8 Å². The summed E-state index contributed by atoms with van der Waals surface area (Å²) in [5.41, 5.74) is 5.52. The maximum Gasteiger partial charge on any atom is 0.269 e. The maximum absolute atomic E-state index is 11.9. The topological polar surface area (TPSA) is 98.0 Å². The van der Waals surface area contributed by atoms with Crippen LogP contribution in [-0.4, -0.2) is 25.2 Å². The Morgan fingerprint density at radius 1 is 1.47 bits per heavy atom. The number of hydrogen-bond donors (Lipinski definition) is 2. The van der Waals surface area contributed by atoms with Crippen molar-refractivity contribution in [1.29, 1.82) is 0 Å². The normalized spacial score (nSPS) is 18.9. The molecule has 96 valence electrons. The monoisotopic (exact) mass is 276 g/mol. The molecule has 0 atom stereocenters. The van der Waals surface area contributed by atoms with E-state index >= 15 is 0 Å². The maximum atomic E-state index is 11.9. The highest BCUT2D eigenvalue weighted by Gasteiger charge is 2.36. The first-order valence-corrected chi connectivity index (χ1v) is 7.86. The molecule has 0 amide bonds. The molecule has 0 aliphatic heterocycles. The van der Waals surface area contributed by atoms with Gasteiger partial charge < -0.3 is 5.73 Å². The Morgan fingerprint density at radius 2 is 2.18 bits per heavy atom. The van der Waals surface area contributed by atoms with Gasteiger partial charge in [-0.15, -0.1) is 10.2 Å². The quantitative estimate of drug-likeness (QED) is 0.835. The van der Waals surface area contributed by atoms with Crippen LogP contribution in [0.25, 0.3) is 0 Å². The summed E-state index contributed by atoms with van der Waals surface area (Å²) in [5.74, 6) is 0. The third-order valence-corrected chi connectivity index (χ3v) is 5.97. The zero-order valence-electron chi connectivity index (χ0n) is 9.64. The minimum Gasteiger partial charge on any atom is -0.374 e. The van der Waals surface area contributed by atoms with Crippen LogP contribution in [0.1, 0.15) is 32.6 Å². The van der Waals surface area contributed by atoms with E-state index in [1.54, 1.807) is 0 Å². The molecule has 0 spiro atoms. The van der Waals surface area contributed by atoms with E-state index in [-0.39, 0.29) is 14.9 Å². The molecular weight excluding hydrogens is 260 g/mol. The van der Waals surface area contributed by atoms with Crippen molar-refractivity contribution >= 4 is 26.5 Å². The first-order valence-electron chi connectivity index (χ1n) is 5.56. The molecule has 0 radical (unpaired) electrons. The van der Waals surface area contributed by atoms with Crippen LogP contribution in [0.3, 0.4) is 0 Å². The van der Waals surface area contributed by atoms with Crippen molar-refractivity contribution in [2.75, 3.05) is 12.3 Å². The molecule has 1 saturated carbocycles. The molecule has 2 rings (SSSR count). The van der Waals surface area contributed by atoms with Gasteiger partial charge in [-0.1, -0.05) is 24.7 Å². The summed E-state index contributed by atoms with van der Waals surface area (Å²) in [7, 11) is -3.54. The van der Waals surface area contributed by atoms with Gasteiger partial charge in [-0.2, -0.15) is 0 Å². The minimum absolute atomic E-state index is 0.0550. The highest BCUT2D eigenvalue weighted by atomic mass is 32.2. The van der Waals surface area contributed by atoms with E-state index in [4.69, 9.17) is 5.73 Å². The SMILES string of the molecule is CCC1(CNS(=O)(=O)c2nnc(N)s2)CCC1. The van der Waals surface area contributed by atoms with Crippen molar-refractivity contribution in [2.24, 2.45) is 5.41 Å². The molecule has 6 nitrogen and oxygen atoms in total. The second kappa shape index (κ2) is 4.51. The van der Waals surface area contributed by atoms with E-state index in [1.807, 2.05) is 0 Å². The molecule has 1 fully saturated rings. The molecule has 1 aliphatic carbocycles. The van der Waals surface area contributed by atoms with Crippen LogP contribution in [0.5, 0.6) is 0 Å². The van der Waals surface area contributed by atoms with Gasteiger partial charge >= 0.3 is 0 Å². The highest BCUT2D eigenvalue weighted by molar-refractivity contribution is 7.91. The van der Waals surface area contributed by atoms with Gasteiger partial charge in [-0.3, -0.25) is 0 Å². The molecular formula is C9H16N4O2S2. The van der Waals surface area contributed by atoms with Gasteiger partial charge in [0.05, 0.1) is 0 Å². The lowest BCUT2D eigenvalue weighted by atomic mass is 9.67. The zero-order chi connectivity index (χ0) is 12.5. The van der Waals surface area contributed by atoms with E-state index in [1.165, 1.54) is 6.42 Å². The zero-order valence-corrected chi connectivity index (χ0v) is 11.3. The van der Waals surface area contributed by atoms with Crippen LogP contribution >= 0.6 is 11.3 Å². The van der Waals surface area contributed by atoms with Gasteiger partial charge in [0.2, 0.25) is 9.47 Å². The van der Waals surface area contributed by atoms with E-state index in [0.717, 1.165) is 30.6 Å². The average molecular weight is 276 g/mol. The van der Waals surface area contributed by atoms with Crippen LogP contribution in [0.15, 0.2) is 4.34 Å². The van der Waals surface area contributed by atoms with Crippen LogP contribution in [-0.2, 0) is 10.0 Å². The van der Waals surface area contributed by atoms with Crippen LogP contribution < -0.4 is 10.5 Å². The van der Waals surface area contributed by atoms with Crippen molar-refractivity contribution in [2.45, 2.75) is 36.9 Å². The molecule has 1 aromatic rings. The third-order valence-electron chi connectivity index (χ3n) is 3.45. The Labute approximate surface area is 105 Å². The number of nitrogen functional groups attached to an aromatic ring is 1. The van der Waals surface area contributed by atoms with Crippen molar-refractivity contribution in [3.8, 4) is 0 Å². The number of nitrogens with two attached hydrogens (primary N) is 1.